The van der Waals surface area contributed by atoms with Crippen LogP contribution in [0, 0.1) is 17.3 Å². The van der Waals surface area contributed by atoms with Gasteiger partial charge in [0.2, 0.25) is 0 Å². The van der Waals surface area contributed by atoms with Gasteiger partial charge in [-0.25, -0.2) is 0 Å². The number of alkyl halides is 6. The molecule has 11 heteroatoms. The van der Waals surface area contributed by atoms with Crippen molar-refractivity contribution in [3.05, 3.63) is 0 Å². The molecule has 4 nitrogen and oxygen atoms in total. The van der Waals surface area contributed by atoms with Gasteiger partial charge < -0.3 is 5.11 Å². The van der Waals surface area contributed by atoms with E-state index in [9.17, 15) is 39.9 Å². The molecule has 168 valence electrons. The van der Waals surface area contributed by atoms with Crippen molar-refractivity contribution in [3.8, 4) is 0 Å². The molecule has 0 bridgehead atoms. The Morgan fingerprint density at radius 2 is 1.36 bits per heavy atom. The fourth-order valence-corrected chi connectivity index (χ4v) is 6.66. The molecule has 1 heterocycles. The summed E-state index contributed by atoms with van der Waals surface area (Å²) in [5, 5.41) is 9.66. The van der Waals surface area contributed by atoms with Crippen LogP contribution in [-0.4, -0.2) is 41.8 Å². The molecule has 0 amide bonds. The summed E-state index contributed by atoms with van der Waals surface area (Å²) < 4.78 is 108. The van der Waals surface area contributed by atoms with Gasteiger partial charge in [0, 0.05) is 11.3 Å². The first-order valence-electron chi connectivity index (χ1n) is 8.85. The number of rotatable bonds is 5. The van der Waals surface area contributed by atoms with Crippen LogP contribution in [0.1, 0.15) is 61.3 Å². The predicted molar refractivity (Wildman–Crippen MR) is 90.9 cm³/mol. The number of hydrogen-bond donors (Lipinski definition) is 1. The highest BCUT2D eigenvalue weighted by Crippen LogP contribution is 2.60. The van der Waals surface area contributed by atoms with Gasteiger partial charge in [-0.05, 0) is 33.1 Å². The van der Waals surface area contributed by atoms with Gasteiger partial charge in [0.15, 0.2) is 0 Å². The lowest BCUT2D eigenvalue weighted by molar-refractivity contribution is -0.384. The largest absolute Gasteiger partial charge is 0.426 e. The third kappa shape index (κ3) is 3.25. The first kappa shape index (κ1) is 25.5. The Labute approximate surface area is 161 Å². The molecule has 3 atom stereocenters. The van der Waals surface area contributed by atoms with E-state index in [1.165, 1.54) is 27.7 Å². The van der Waals surface area contributed by atoms with Crippen molar-refractivity contribution < 1.29 is 44.0 Å². The zero-order valence-electron chi connectivity index (χ0n) is 16.9. The highest BCUT2D eigenvalue weighted by molar-refractivity contribution is 7.88. The Morgan fingerprint density at radius 1 is 0.964 bits per heavy atom. The molecule has 1 aliphatic heterocycles. The standard InChI is InChI=1S/C17H28F6O4S/c1-8-11(9-10(2)15(24,16(18,19)20)17(21,22)23)14(7)12(3,4)13(5,6)27-28(14,25)26/h10-11,24H,8-9H2,1-7H3. The lowest BCUT2D eigenvalue weighted by Crippen LogP contribution is -2.62. The third-order valence-corrected chi connectivity index (χ3v) is 9.59. The van der Waals surface area contributed by atoms with Gasteiger partial charge in [0.25, 0.3) is 15.7 Å². The molecule has 1 N–H and O–H groups in total. The minimum absolute atomic E-state index is 0.0191. The van der Waals surface area contributed by atoms with Crippen LogP contribution in [0.4, 0.5) is 26.3 Å². The second-order valence-corrected chi connectivity index (χ2v) is 10.7. The Morgan fingerprint density at radius 3 is 1.61 bits per heavy atom. The van der Waals surface area contributed by atoms with Crippen LogP contribution in [0.2, 0.25) is 0 Å². The van der Waals surface area contributed by atoms with E-state index < -0.39 is 62.1 Å². The average molecular weight is 442 g/mol. The van der Waals surface area contributed by atoms with Crippen LogP contribution in [0.15, 0.2) is 0 Å². The fraction of sp³-hybridized carbons (Fsp3) is 1.00. The van der Waals surface area contributed by atoms with E-state index in [1.807, 2.05) is 0 Å². The molecule has 0 saturated carbocycles. The molecule has 0 aliphatic carbocycles. The van der Waals surface area contributed by atoms with E-state index >= 15 is 0 Å². The second kappa shape index (κ2) is 6.73. The van der Waals surface area contributed by atoms with Crippen LogP contribution in [-0.2, 0) is 14.3 Å². The minimum atomic E-state index is -5.97. The molecule has 1 aliphatic rings. The summed E-state index contributed by atoms with van der Waals surface area (Å²) >= 11 is 0. The van der Waals surface area contributed by atoms with Crippen molar-refractivity contribution in [2.75, 3.05) is 0 Å². The Kier molecular flexibility index (Phi) is 6.13. The molecule has 0 spiro atoms. The van der Waals surface area contributed by atoms with Gasteiger partial charge >= 0.3 is 12.4 Å². The van der Waals surface area contributed by atoms with Crippen LogP contribution in [0.25, 0.3) is 0 Å². The van der Waals surface area contributed by atoms with Crippen molar-refractivity contribution in [2.45, 2.75) is 89.6 Å². The molecule has 0 aromatic rings. The third-order valence-electron chi connectivity index (χ3n) is 7.07. The maximum Gasteiger partial charge on any atom is 0.426 e. The van der Waals surface area contributed by atoms with Gasteiger partial charge in [0.05, 0.1) is 5.60 Å². The number of hydrogen-bond acceptors (Lipinski definition) is 4. The average Bonchev–Trinajstić information content (AvgIpc) is 2.55. The van der Waals surface area contributed by atoms with Crippen molar-refractivity contribution in [1.29, 1.82) is 0 Å². The fourth-order valence-electron chi connectivity index (χ4n) is 4.19. The lowest BCUT2D eigenvalue weighted by Gasteiger charge is -2.47. The summed E-state index contributed by atoms with van der Waals surface area (Å²) in [4.78, 5) is 0. The van der Waals surface area contributed by atoms with E-state index in [0.717, 1.165) is 0 Å². The van der Waals surface area contributed by atoms with Crippen molar-refractivity contribution in [1.82, 2.24) is 0 Å². The molecule has 28 heavy (non-hydrogen) atoms. The van der Waals surface area contributed by atoms with Gasteiger partial charge in [-0.15, -0.1) is 0 Å². The maximum absolute atomic E-state index is 13.2. The summed E-state index contributed by atoms with van der Waals surface area (Å²) in [6, 6.07) is 0. The van der Waals surface area contributed by atoms with Crippen LogP contribution in [0.5, 0.6) is 0 Å². The SMILES string of the molecule is CCC(CC(C)C(O)(C(F)(F)F)C(F)(F)F)C1(C)C(C)(C)C(C)(C)OS1(=O)=O. The summed E-state index contributed by atoms with van der Waals surface area (Å²) in [6.07, 6.45) is -12.8. The molecule has 3 unspecified atom stereocenters. The highest BCUT2D eigenvalue weighted by atomic mass is 32.2. The topological polar surface area (TPSA) is 63.6 Å². The molecule has 0 aromatic carbocycles. The van der Waals surface area contributed by atoms with Crippen molar-refractivity contribution >= 4 is 10.1 Å². The Bertz CT molecular complexity index is 681. The molecular weight excluding hydrogens is 414 g/mol. The summed E-state index contributed by atoms with van der Waals surface area (Å²) in [5.74, 6) is -3.45. The molecule has 1 rings (SSSR count). The Balaban J connectivity index is 3.51. The molecular formula is C17H28F6O4S. The number of aliphatic hydroxyl groups is 1. The second-order valence-electron chi connectivity index (χ2n) is 8.78. The van der Waals surface area contributed by atoms with Crippen molar-refractivity contribution in [2.24, 2.45) is 17.3 Å². The van der Waals surface area contributed by atoms with Gasteiger partial charge in [0.1, 0.15) is 4.75 Å². The first-order chi connectivity index (χ1) is 12.0. The van der Waals surface area contributed by atoms with Crippen LogP contribution < -0.4 is 0 Å². The molecule has 1 fully saturated rings. The van der Waals surface area contributed by atoms with E-state index in [-0.39, 0.29) is 6.42 Å². The number of halogens is 6. The lowest BCUT2D eigenvalue weighted by atomic mass is 9.61. The summed E-state index contributed by atoms with van der Waals surface area (Å²) in [7, 11) is -4.32. The maximum atomic E-state index is 13.2. The van der Waals surface area contributed by atoms with E-state index in [0.29, 0.717) is 6.92 Å². The van der Waals surface area contributed by atoms with E-state index in [2.05, 4.69) is 0 Å². The van der Waals surface area contributed by atoms with Gasteiger partial charge in [-0.2, -0.15) is 34.8 Å². The van der Waals surface area contributed by atoms with E-state index in [1.54, 1.807) is 13.8 Å². The quantitative estimate of drug-likeness (QED) is 0.490. The Hall–Kier alpha value is -0.550. The zero-order chi connectivity index (χ0) is 22.8. The summed E-state index contributed by atoms with van der Waals surface area (Å²) in [6.45, 7) is 9.54. The van der Waals surface area contributed by atoms with E-state index in [4.69, 9.17) is 4.18 Å². The highest BCUT2D eigenvalue weighted by Gasteiger charge is 2.74. The monoisotopic (exact) mass is 442 g/mol. The smallest absolute Gasteiger partial charge is 0.373 e. The van der Waals surface area contributed by atoms with Gasteiger partial charge in [-0.3, -0.25) is 4.18 Å². The normalized spacial score (nSPS) is 29.5. The first-order valence-corrected chi connectivity index (χ1v) is 10.3. The van der Waals surface area contributed by atoms with Gasteiger partial charge in [-0.1, -0.05) is 34.1 Å². The predicted octanol–water partition coefficient (Wildman–Crippen LogP) is 4.82. The summed E-state index contributed by atoms with van der Waals surface area (Å²) in [5.41, 5.74) is -7.30. The molecule has 0 radical (unpaired) electrons. The van der Waals surface area contributed by atoms with Crippen LogP contribution in [0.3, 0.4) is 0 Å². The minimum Gasteiger partial charge on any atom is -0.373 e. The van der Waals surface area contributed by atoms with Crippen molar-refractivity contribution in [3.63, 3.8) is 0 Å². The van der Waals surface area contributed by atoms with Crippen LogP contribution >= 0.6 is 0 Å². The molecule has 0 aromatic heterocycles. The molecule has 1 saturated heterocycles. The zero-order valence-corrected chi connectivity index (χ0v) is 17.7.